The van der Waals surface area contributed by atoms with Crippen LogP contribution in [0.1, 0.15) is 35.6 Å². The first-order valence-corrected chi connectivity index (χ1v) is 8.05. The van der Waals surface area contributed by atoms with E-state index in [4.69, 9.17) is 4.74 Å². The van der Waals surface area contributed by atoms with Crippen molar-refractivity contribution in [3.05, 3.63) is 57.8 Å². The third-order valence-electron chi connectivity index (χ3n) is 3.95. The Labute approximate surface area is 129 Å². The number of hydrogen-bond acceptors (Lipinski definition) is 3. The van der Waals surface area contributed by atoms with Gasteiger partial charge in [-0.2, -0.15) is 0 Å². The number of methoxy groups -OCH3 is 1. The summed E-state index contributed by atoms with van der Waals surface area (Å²) in [6.45, 7) is 0. The Morgan fingerprint density at radius 2 is 2.05 bits per heavy atom. The zero-order valence-electron chi connectivity index (χ0n) is 12.0. The Morgan fingerprint density at radius 3 is 2.67 bits per heavy atom. The number of ketones is 1. The minimum Gasteiger partial charge on any atom is -0.497 e. The van der Waals surface area contributed by atoms with Gasteiger partial charge in [-0.25, -0.2) is 0 Å². The number of allylic oxidation sites excluding steroid dienone is 1. The lowest BCUT2D eigenvalue weighted by Gasteiger charge is -2.22. The highest BCUT2D eigenvalue weighted by Crippen LogP contribution is 2.36. The molecule has 1 atom stereocenters. The molecule has 0 N–H and O–H groups in total. The monoisotopic (exact) mass is 298 g/mol. The molecule has 0 saturated heterocycles. The van der Waals surface area contributed by atoms with E-state index >= 15 is 0 Å². The highest BCUT2D eigenvalue weighted by atomic mass is 32.1. The van der Waals surface area contributed by atoms with E-state index in [-0.39, 0.29) is 5.78 Å². The molecule has 0 bridgehead atoms. The minimum atomic E-state index is 0.287. The SMILES string of the molecule is COc1ccc(C=C2CCC(c3cccs3)CC2=O)cc1. The third kappa shape index (κ3) is 3.24. The molecule has 2 nitrogen and oxygen atoms in total. The quantitative estimate of drug-likeness (QED) is 0.769. The normalized spacial score (nSPS) is 20.7. The average molecular weight is 298 g/mol. The van der Waals surface area contributed by atoms with Gasteiger partial charge in [-0.3, -0.25) is 4.79 Å². The zero-order chi connectivity index (χ0) is 14.7. The van der Waals surface area contributed by atoms with Crippen LogP contribution in [0.4, 0.5) is 0 Å². The summed E-state index contributed by atoms with van der Waals surface area (Å²) in [5.74, 6) is 1.53. The molecule has 1 saturated carbocycles. The summed E-state index contributed by atoms with van der Waals surface area (Å²) in [6.07, 6.45) is 4.59. The fraction of sp³-hybridized carbons (Fsp3) is 0.278. The van der Waals surface area contributed by atoms with E-state index in [0.29, 0.717) is 12.3 Å². The van der Waals surface area contributed by atoms with Gasteiger partial charge in [-0.05, 0) is 53.6 Å². The second-order valence-corrected chi connectivity index (χ2v) is 6.30. The molecular formula is C18H18O2S. The number of ether oxygens (including phenoxy) is 1. The van der Waals surface area contributed by atoms with Crippen LogP contribution in [-0.4, -0.2) is 12.9 Å². The van der Waals surface area contributed by atoms with Crippen LogP contribution in [0.3, 0.4) is 0 Å². The first-order valence-electron chi connectivity index (χ1n) is 7.17. The van der Waals surface area contributed by atoms with Gasteiger partial charge in [0, 0.05) is 17.2 Å². The molecule has 108 valence electrons. The Hall–Kier alpha value is -1.87. The molecule has 1 aromatic heterocycles. The Kier molecular flexibility index (Phi) is 4.20. The van der Waals surface area contributed by atoms with E-state index in [0.717, 1.165) is 29.7 Å². The number of Topliss-reactive ketones (excluding diaryl/α,β-unsaturated/α-hetero) is 1. The van der Waals surface area contributed by atoms with Gasteiger partial charge in [0.25, 0.3) is 0 Å². The van der Waals surface area contributed by atoms with Crippen molar-refractivity contribution in [1.29, 1.82) is 0 Å². The van der Waals surface area contributed by atoms with Crippen LogP contribution < -0.4 is 4.74 Å². The summed E-state index contributed by atoms with van der Waals surface area (Å²) in [5.41, 5.74) is 2.02. The molecule has 3 rings (SSSR count). The van der Waals surface area contributed by atoms with Gasteiger partial charge in [-0.15, -0.1) is 11.3 Å². The molecular weight excluding hydrogens is 280 g/mol. The molecule has 0 amide bonds. The van der Waals surface area contributed by atoms with Gasteiger partial charge >= 0.3 is 0 Å². The van der Waals surface area contributed by atoms with Crippen LogP contribution in [0.25, 0.3) is 6.08 Å². The summed E-state index contributed by atoms with van der Waals surface area (Å²) in [5, 5.41) is 2.09. The van der Waals surface area contributed by atoms with E-state index in [2.05, 4.69) is 17.5 Å². The van der Waals surface area contributed by atoms with Crippen LogP contribution in [0, 0.1) is 0 Å². The maximum Gasteiger partial charge on any atom is 0.159 e. The van der Waals surface area contributed by atoms with Crippen molar-refractivity contribution >= 4 is 23.2 Å². The lowest BCUT2D eigenvalue weighted by molar-refractivity contribution is -0.116. The second kappa shape index (κ2) is 6.27. The smallest absolute Gasteiger partial charge is 0.159 e. The van der Waals surface area contributed by atoms with E-state index in [1.807, 2.05) is 30.3 Å². The summed E-state index contributed by atoms with van der Waals surface area (Å²) in [4.78, 5) is 13.7. The maximum absolute atomic E-state index is 12.3. The van der Waals surface area contributed by atoms with Crippen molar-refractivity contribution in [2.24, 2.45) is 0 Å². The van der Waals surface area contributed by atoms with Gasteiger partial charge < -0.3 is 4.74 Å². The van der Waals surface area contributed by atoms with Crippen LogP contribution in [-0.2, 0) is 4.79 Å². The number of carbonyl (C=O) groups is 1. The Bertz CT molecular complexity index is 638. The highest BCUT2D eigenvalue weighted by Gasteiger charge is 2.25. The van der Waals surface area contributed by atoms with Crippen LogP contribution >= 0.6 is 11.3 Å². The van der Waals surface area contributed by atoms with Crippen LogP contribution in [0.15, 0.2) is 47.4 Å². The summed E-state index contributed by atoms with van der Waals surface area (Å²) >= 11 is 1.76. The predicted octanol–water partition coefficient (Wildman–Crippen LogP) is 4.68. The molecule has 1 unspecified atom stereocenters. The van der Waals surface area contributed by atoms with Crippen molar-refractivity contribution < 1.29 is 9.53 Å². The number of carbonyl (C=O) groups excluding carboxylic acids is 1. The number of thiophene rings is 1. The van der Waals surface area contributed by atoms with Crippen molar-refractivity contribution in [1.82, 2.24) is 0 Å². The third-order valence-corrected chi connectivity index (χ3v) is 4.99. The molecule has 0 aliphatic heterocycles. The summed E-state index contributed by atoms with van der Waals surface area (Å²) < 4.78 is 5.15. The first-order chi connectivity index (χ1) is 10.3. The molecule has 1 fully saturated rings. The highest BCUT2D eigenvalue weighted by molar-refractivity contribution is 7.10. The second-order valence-electron chi connectivity index (χ2n) is 5.32. The molecule has 1 aliphatic rings. The van der Waals surface area contributed by atoms with Crippen LogP contribution in [0.5, 0.6) is 5.75 Å². The van der Waals surface area contributed by atoms with E-state index < -0.39 is 0 Å². The summed E-state index contributed by atoms with van der Waals surface area (Å²) in [6, 6.07) is 12.0. The first kappa shape index (κ1) is 14.1. The van der Waals surface area contributed by atoms with E-state index in [9.17, 15) is 4.79 Å². The lowest BCUT2D eigenvalue weighted by Crippen LogP contribution is -2.15. The molecule has 1 aromatic carbocycles. The zero-order valence-corrected chi connectivity index (χ0v) is 12.9. The van der Waals surface area contributed by atoms with Crippen molar-refractivity contribution in [2.45, 2.75) is 25.2 Å². The molecule has 0 spiro atoms. The average Bonchev–Trinajstić information content (AvgIpc) is 3.04. The fourth-order valence-electron chi connectivity index (χ4n) is 2.75. The Balaban J connectivity index is 1.72. The van der Waals surface area contributed by atoms with Gasteiger partial charge in [0.05, 0.1) is 7.11 Å². The van der Waals surface area contributed by atoms with Gasteiger partial charge in [0.2, 0.25) is 0 Å². The number of hydrogen-bond donors (Lipinski definition) is 0. The molecule has 1 heterocycles. The number of benzene rings is 1. The molecule has 2 aromatic rings. The molecule has 1 aliphatic carbocycles. The Morgan fingerprint density at radius 1 is 1.24 bits per heavy atom. The topological polar surface area (TPSA) is 26.3 Å². The van der Waals surface area contributed by atoms with Crippen molar-refractivity contribution in [3.63, 3.8) is 0 Å². The van der Waals surface area contributed by atoms with Gasteiger partial charge in [0.1, 0.15) is 5.75 Å². The predicted molar refractivity (Wildman–Crippen MR) is 86.9 cm³/mol. The van der Waals surface area contributed by atoms with E-state index in [1.165, 1.54) is 4.88 Å². The molecule has 0 radical (unpaired) electrons. The van der Waals surface area contributed by atoms with Crippen molar-refractivity contribution in [3.8, 4) is 5.75 Å². The standard InChI is InChI=1S/C18H18O2S/c1-20-16-8-4-13(5-9-16)11-14-6-7-15(12-17(14)19)18-3-2-10-21-18/h2-5,8-11,15H,6-7,12H2,1H3. The lowest BCUT2D eigenvalue weighted by atomic mass is 9.83. The van der Waals surface area contributed by atoms with Gasteiger partial charge in [0.15, 0.2) is 5.78 Å². The number of rotatable bonds is 3. The maximum atomic E-state index is 12.3. The molecule has 3 heteroatoms. The van der Waals surface area contributed by atoms with Gasteiger partial charge in [-0.1, -0.05) is 18.2 Å². The van der Waals surface area contributed by atoms with Crippen LogP contribution in [0.2, 0.25) is 0 Å². The fourth-order valence-corrected chi connectivity index (χ4v) is 3.61. The molecule has 21 heavy (non-hydrogen) atoms. The largest absolute Gasteiger partial charge is 0.497 e. The van der Waals surface area contributed by atoms with E-state index in [1.54, 1.807) is 18.4 Å². The summed E-state index contributed by atoms with van der Waals surface area (Å²) in [7, 11) is 1.66. The van der Waals surface area contributed by atoms with Crippen molar-refractivity contribution in [2.75, 3.05) is 7.11 Å². The minimum absolute atomic E-state index is 0.287.